The molecule has 1 aliphatic rings. The quantitative estimate of drug-likeness (QED) is 0.654. The van der Waals surface area contributed by atoms with Crippen molar-refractivity contribution in [3.63, 3.8) is 0 Å². The minimum absolute atomic E-state index is 0.00464. The first-order chi connectivity index (χ1) is 13.1. The van der Waals surface area contributed by atoms with Gasteiger partial charge in [-0.2, -0.15) is 0 Å². The van der Waals surface area contributed by atoms with Gasteiger partial charge in [-0.05, 0) is 42.5 Å². The van der Waals surface area contributed by atoms with Crippen LogP contribution in [0.4, 0.5) is 14.9 Å². The molecule has 3 aromatic rings. The number of ether oxygens (including phenoxy) is 1. The summed E-state index contributed by atoms with van der Waals surface area (Å²) in [5.41, 5.74) is 1.45. The highest BCUT2D eigenvalue weighted by molar-refractivity contribution is 7.20. The number of nitrogens with zero attached hydrogens (tertiary/aromatic N) is 2. The van der Waals surface area contributed by atoms with Crippen LogP contribution in [0.1, 0.15) is 12.8 Å². The molecular formula is C19H17ClFN3O2S. The molecule has 1 aromatic heterocycles. The van der Waals surface area contributed by atoms with Crippen molar-refractivity contribution in [3.05, 3.63) is 53.3 Å². The molecule has 0 aliphatic carbocycles. The monoisotopic (exact) mass is 405 g/mol. The highest BCUT2D eigenvalue weighted by atomic mass is 35.5. The first kappa shape index (κ1) is 18.0. The number of carbonyl (C=O) groups is 1. The van der Waals surface area contributed by atoms with Crippen LogP contribution in [-0.4, -0.2) is 35.1 Å². The SMILES string of the molecule is O=C(Nc1ccc(Cl)cc1)N1CCC(Oc2nc3ccc(F)cc3s2)CC1. The number of amides is 2. The Bertz CT molecular complexity index is 955. The molecule has 0 bridgehead atoms. The maximum atomic E-state index is 13.3. The van der Waals surface area contributed by atoms with Crippen molar-refractivity contribution in [2.75, 3.05) is 18.4 Å². The van der Waals surface area contributed by atoms with Crippen molar-refractivity contribution in [1.82, 2.24) is 9.88 Å². The molecule has 0 radical (unpaired) electrons. The molecule has 27 heavy (non-hydrogen) atoms. The molecule has 1 N–H and O–H groups in total. The number of thiazole rings is 1. The Balaban J connectivity index is 1.31. The number of likely N-dealkylation sites (tertiary alicyclic amines) is 1. The number of hydrogen-bond donors (Lipinski definition) is 1. The average molecular weight is 406 g/mol. The fourth-order valence-corrected chi connectivity index (χ4v) is 4.01. The summed E-state index contributed by atoms with van der Waals surface area (Å²) < 4.78 is 20.0. The standard InChI is InChI=1S/C19H17ClFN3O2S/c20-12-1-4-14(5-2-12)22-18(25)24-9-7-15(8-10-24)26-19-23-16-6-3-13(21)11-17(16)27-19/h1-6,11,15H,7-10H2,(H,22,25). The minimum atomic E-state index is -0.280. The fourth-order valence-electron chi connectivity index (χ4n) is 2.98. The second kappa shape index (κ2) is 7.70. The van der Waals surface area contributed by atoms with Crippen LogP contribution in [-0.2, 0) is 0 Å². The summed E-state index contributed by atoms with van der Waals surface area (Å²) in [5.74, 6) is -0.280. The summed E-state index contributed by atoms with van der Waals surface area (Å²) in [7, 11) is 0. The van der Waals surface area contributed by atoms with Gasteiger partial charge in [0.25, 0.3) is 5.19 Å². The zero-order valence-electron chi connectivity index (χ0n) is 14.3. The Morgan fingerprint density at radius 2 is 1.96 bits per heavy atom. The van der Waals surface area contributed by atoms with E-state index < -0.39 is 0 Å². The van der Waals surface area contributed by atoms with E-state index in [1.54, 1.807) is 35.2 Å². The number of rotatable bonds is 3. The number of aromatic nitrogens is 1. The van der Waals surface area contributed by atoms with Crippen molar-refractivity contribution in [2.24, 2.45) is 0 Å². The van der Waals surface area contributed by atoms with Crippen molar-refractivity contribution in [2.45, 2.75) is 18.9 Å². The van der Waals surface area contributed by atoms with Crippen LogP contribution in [0.3, 0.4) is 0 Å². The van der Waals surface area contributed by atoms with Crippen molar-refractivity contribution in [1.29, 1.82) is 0 Å². The number of carbonyl (C=O) groups excluding carboxylic acids is 1. The Hall–Kier alpha value is -2.38. The van der Waals surface area contributed by atoms with E-state index in [1.807, 2.05) is 0 Å². The largest absolute Gasteiger partial charge is 0.467 e. The van der Waals surface area contributed by atoms with Gasteiger partial charge in [0.1, 0.15) is 11.9 Å². The van der Waals surface area contributed by atoms with Gasteiger partial charge in [-0.1, -0.05) is 22.9 Å². The molecule has 2 amide bonds. The molecule has 1 aliphatic heterocycles. The summed E-state index contributed by atoms with van der Waals surface area (Å²) in [4.78, 5) is 18.5. The maximum Gasteiger partial charge on any atom is 0.321 e. The number of hydrogen-bond acceptors (Lipinski definition) is 4. The lowest BCUT2D eigenvalue weighted by atomic mass is 10.1. The predicted molar refractivity (Wildman–Crippen MR) is 105 cm³/mol. The van der Waals surface area contributed by atoms with Gasteiger partial charge >= 0.3 is 6.03 Å². The zero-order chi connectivity index (χ0) is 18.8. The first-order valence-electron chi connectivity index (χ1n) is 8.61. The predicted octanol–water partition coefficient (Wildman–Crippen LogP) is 5.16. The third-order valence-electron chi connectivity index (χ3n) is 4.42. The fraction of sp³-hybridized carbons (Fsp3) is 0.263. The third-order valence-corrected chi connectivity index (χ3v) is 5.58. The second-order valence-electron chi connectivity index (χ2n) is 6.33. The molecule has 0 saturated carbocycles. The Morgan fingerprint density at radius 3 is 2.70 bits per heavy atom. The highest BCUT2D eigenvalue weighted by Crippen LogP contribution is 2.30. The van der Waals surface area contributed by atoms with Gasteiger partial charge in [0, 0.05) is 36.6 Å². The van der Waals surface area contributed by atoms with E-state index in [2.05, 4.69) is 10.3 Å². The van der Waals surface area contributed by atoms with E-state index in [4.69, 9.17) is 16.3 Å². The van der Waals surface area contributed by atoms with Gasteiger partial charge in [-0.3, -0.25) is 0 Å². The van der Waals surface area contributed by atoms with E-state index in [9.17, 15) is 9.18 Å². The molecule has 2 aromatic carbocycles. The molecule has 4 rings (SSSR count). The zero-order valence-corrected chi connectivity index (χ0v) is 15.9. The van der Waals surface area contributed by atoms with Crippen LogP contribution in [0.5, 0.6) is 5.19 Å². The molecule has 1 saturated heterocycles. The summed E-state index contributed by atoms with van der Waals surface area (Å²) in [6.45, 7) is 1.20. The van der Waals surface area contributed by atoms with Crippen molar-refractivity contribution < 1.29 is 13.9 Å². The number of nitrogens with one attached hydrogen (secondary N) is 1. The van der Waals surface area contributed by atoms with E-state index >= 15 is 0 Å². The summed E-state index contributed by atoms with van der Waals surface area (Å²) in [6, 6.07) is 11.4. The summed E-state index contributed by atoms with van der Waals surface area (Å²) in [5, 5.41) is 4.04. The van der Waals surface area contributed by atoms with Crippen LogP contribution in [0.25, 0.3) is 10.2 Å². The van der Waals surface area contributed by atoms with Crippen LogP contribution in [0.15, 0.2) is 42.5 Å². The van der Waals surface area contributed by atoms with Crippen LogP contribution >= 0.6 is 22.9 Å². The molecule has 140 valence electrons. The lowest BCUT2D eigenvalue weighted by Gasteiger charge is -2.31. The maximum absolute atomic E-state index is 13.3. The molecule has 2 heterocycles. The molecule has 1 fully saturated rings. The smallest absolute Gasteiger partial charge is 0.321 e. The van der Waals surface area contributed by atoms with Gasteiger partial charge in [0.2, 0.25) is 0 Å². The topological polar surface area (TPSA) is 54.5 Å². The first-order valence-corrected chi connectivity index (χ1v) is 9.80. The number of fused-ring (bicyclic) bond motifs is 1. The number of anilines is 1. The van der Waals surface area contributed by atoms with Gasteiger partial charge in [-0.15, -0.1) is 0 Å². The van der Waals surface area contributed by atoms with Gasteiger partial charge < -0.3 is 15.0 Å². The van der Waals surface area contributed by atoms with E-state index in [0.29, 0.717) is 29.0 Å². The van der Waals surface area contributed by atoms with E-state index in [-0.39, 0.29) is 18.0 Å². The Kier molecular flexibility index (Phi) is 5.13. The number of urea groups is 1. The third kappa shape index (κ3) is 4.31. The lowest BCUT2D eigenvalue weighted by molar-refractivity contribution is 0.115. The molecule has 8 heteroatoms. The van der Waals surface area contributed by atoms with Crippen LogP contribution < -0.4 is 10.1 Å². The van der Waals surface area contributed by atoms with Crippen LogP contribution in [0.2, 0.25) is 5.02 Å². The summed E-state index contributed by atoms with van der Waals surface area (Å²) in [6.07, 6.45) is 1.44. The number of halogens is 2. The number of benzene rings is 2. The Morgan fingerprint density at radius 1 is 1.22 bits per heavy atom. The lowest BCUT2D eigenvalue weighted by Crippen LogP contribution is -2.43. The number of piperidine rings is 1. The van der Waals surface area contributed by atoms with Crippen LogP contribution in [0, 0.1) is 5.82 Å². The van der Waals surface area contributed by atoms with Crippen molar-refractivity contribution >= 4 is 44.9 Å². The van der Waals surface area contributed by atoms with Crippen molar-refractivity contribution in [3.8, 4) is 5.19 Å². The minimum Gasteiger partial charge on any atom is -0.467 e. The van der Waals surface area contributed by atoms with E-state index in [0.717, 1.165) is 23.1 Å². The van der Waals surface area contributed by atoms with Gasteiger partial charge in [0.15, 0.2) is 0 Å². The second-order valence-corrected chi connectivity index (χ2v) is 7.76. The Labute approximate surface area is 164 Å². The van der Waals surface area contributed by atoms with E-state index in [1.165, 1.54) is 23.5 Å². The molecule has 5 nitrogen and oxygen atoms in total. The molecule has 0 spiro atoms. The molecule has 0 atom stereocenters. The average Bonchev–Trinajstić information content (AvgIpc) is 3.05. The van der Waals surface area contributed by atoms with Gasteiger partial charge in [-0.25, -0.2) is 14.2 Å². The van der Waals surface area contributed by atoms with Gasteiger partial charge in [0.05, 0.1) is 10.2 Å². The molecule has 0 unspecified atom stereocenters. The molecular weight excluding hydrogens is 389 g/mol. The normalized spacial score (nSPS) is 15.1. The summed E-state index contributed by atoms with van der Waals surface area (Å²) >= 11 is 7.19. The highest BCUT2D eigenvalue weighted by Gasteiger charge is 2.25.